The summed E-state index contributed by atoms with van der Waals surface area (Å²) in [6.07, 6.45) is 10.5. The number of pyridine rings is 1. The molecule has 1 aliphatic heterocycles. The Balaban J connectivity index is 1.48. The molecule has 2 aliphatic rings. The Bertz CT molecular complexity index is 741. The maximum Gasteiger partial charge on any atom is 0.241 e. The first kappa shape index (κ1) is 18.4. The van der Waals surface area contributed by atoms with E-state index in [1.165, 1.54) is 32.1 Å². The van der Waals surface area contributed by atoms with E-state index in [0.29, 0.717) is 36.1 Å². The number of ether oxygens (including phenoxy) is 1. The molecular weight excluding hydrogens is 340 g/mol. The lowest BCUT2D eigenvalue weighted by atomic mass is 9.92. The van der Waals surface area contributed by atoms with Gasteiger partial charge in [-0.15, -0.1) is 0 Å². The van der Waals surface area contributed by atoms with Crippen molar-refractivity contribution >= 4 is 0 Å². The zero-order valence-corrected chi connectivity index (χ0v) is 16.4. The van der Waals surface area contributed by atoms with Gasteiger partial charge in [0.25, 0.3) is 0 Å². The van der Waals surface area contributed by atoms with Crippen molar-refractivity contribution in [2.75, 3.05) is 6.54 Å². The van der Waals surface area contributed by atoms with E-state index >= 15 is 0 Å². The van der Waals surface area contributed by atoms with E-state index in [2.05, 4.69) is 33.9 Å². The standard InChI is InChI=1S/C21H30N4O2/c1-15-8-7-13-25(16(15)2)14-19-23-20(24-27-19)18-11-6-12-22-21(18)26-17-9-4-3-5-10-17/h6,11-12,15-17H,3-5,7-10,13-14H2,1-2H3. The van der Waals surface area contributed by atoms with Crippen LogP contribution in [0.15, 0.2) is 22.9 Å². The van der Waals surface area contributed by atoms with Gasteiger partial charge in [0.15, 0.2) is 0 Å². The lowest BCUT2D eigenvalue weighted by Crippen LogP contribution is -2.41. The smallest absolute Gasteiger partial charge is 0.241 e. The van der Waals surface area contributed by atoms with Gasteiger partial charge in [-0.1, -0.05) is 18.5 Å². The first-order valence-electron chi connectivity index (χ1n) is 10.4. The highest BCUT2D eigenvalue weighted by atomic mass is 16.5. The van der Waals surface area contributed by atoms with Crippen LogP contribution in [0.5, 0.6) is 5.88 Å². The first-order chi connectivity index (χ1) is 13.2. The molecule has 1 saturated heterocycles. The zero-order valence-electron chi connectivity index (χ0n) is 16.4. The summed E-state index contributed by atoms with van der Waals surface area (Å²) >= 11 is 0. The second kappa shape index (κ2) is 8.38. The Morgan fingerprint density at radius 2 is 2.00 bits per heavy atom. The average Bonchev–Trinajstić information content (AvgIpc) is 3.15. The van der Waals surface area contributed by atoms with Gasteiger partial charge in [0.05, 0.1) is 12.1 Å². The third kappa shape index (κ3) is 4.32. The maximum atomic E-state index is 6.19. The fraction of sp³-hybridized carbons (Fsp3) is 0.667. The van der Waals surface area contributed by atoms with Crippen LogP contribution in [0.1, 0.15) is 64.7 Å². The van der Waals surface area contributed by atoms with Gasteiger partial charge in [0.1, 0.15) is 6.10 Å². The Labute approximate surface area is 161 Å². The Morgan fingerprint density at radius 3 is 2.85 bits per heavy atom. The van der Waals surface area contributed by atoms with Gasteiger partial charge in [-0.05, 0) is 70.0 Å². The molecule has 27 heavy (non-hydrogen) atoms. The topological polar surface area (TPSA) is 64.3 Å². The molecule has 146 valence electrons. The number of hydrogen-bond donors (Lipinski definition) is 0. The summed E-state index contributed by atoms with van der Waals surface area (Å²) in [6.45, 7) is 6.41. The molecule has 2 unspecified atom stereocenters. The molecule has 1 aliphatic carbocycles. The summed E-state index contributed by atoms with van der Waals surface area (Å²) in [6, 6.07) is 4.40. The molecule has 6 nitrogen and oxygen atoms in total. The van der Waals surface area contributed by atoms with Crippen molar-refractivity contribution in [3.63, 3.8) is 0 Å². The molecule has 0 aromatic carbocycles. The first-order valence-corrected chi connectivity index (χ1v) is 10.4. The molecule has 0 radical (unpaired) electrons. The zero-order chi connectivity index (χ0) is 18.6. The van der Waals surface area contributed by atoms with Gasteiger partial charge in [-0.2, -0.15) is 4.98 Å². The molecule has 2 aromatic heterocycles. The molecular formula is C21H30N4O2. The summed E-state index contributed by atoms with van der Waals surface area (Å²) in [7, 11) is 0. The minimum Gasteiger partial charge on any atom is -0.474 e. The fourth-order valence-electron chi connectivity index (χ4n) is 4.24. The molecule has 2 fully saturated rings. The summed E-state index contributed by atoms with van der Waals surface area (Å²) in [5.74, 6) is 2.56. The molecule has 0 amide bonds. The van der Waals surface area contributed by atoms with E-state index < -0.39 is 0 Å². The van der Waals surface area contributed by atoms with E-state index in [1.54, 1.807) is 6.20 Å². The van der Waals surface area contributed by atoms with Gasteiger partial charge >= 0.3 is 0 Å². The predicted octanol–water partition coefficient (Wildman–Crippen LogP) is 4.46. The monoisotopic (exact) mass is 370 g/mol. The van der Waals surface area contributed by atoms with Gasteiger partial charge < -0.3 is 9.26 Å². The second-order valence-electron chi connectivity index (χ2n) is 8.08. The van der Waals surface area contributed by atoms with E-state index in [1.807, 2.05) is 12.1 Å². The summed E-state index contributed by atoms with van der Waals surface area (Å²) in [4.78, 5) is 11.5. The number of piperidine rings is 1. The van der Waals surface area contributed by atoms with Crippen LogP contribution in [0.3, 0.4) is 0 Å². The lowest BCUT2D eigenvalue weighted by Gasteiger charge is -2.36. The van der Waals surface area contributed by atoms with Crippen LogP contribution >= 0.6 is 0 Å². The Kier molecular flexibility index (Phi) is 5.72. The third-order valence-electron chi connectivity index (χ3n) is 6.15. The van der Waals surface area contributed by atoms with E-state index in [4.69, 9.17) is 9.26 Å². The van der Waals surface area contributed by atoms with Gasteiger partial charge in [-0.3, -0.25) is 4.90 Å². The maximum absolute atomic E-state index is 6.19. The van der Waals surface area contributed by atoms with Crippen molar-refractivity contribution < 1.29 is 9.26 Å². The molecule has 0 spiro atoms. The normalized spacial score (nSPS) is 24.8. The van der Waals surface area contributed by atoms with Crippen LogP contribution < -0.4 is 4.74 Å². The fourth-order valence-corrected chi connectivity index (χ4v) is 4.24. The Morgan fingerprint density at radius 1 is 1.15 bits per heavy atom. The molecule has 0 N–H and O–H groups in total. The van der Waals surface area contributed by atoms with Crippen LogP contribution in [0, 0.1) is 5.92 Å². The largest absolute Gasteiger partial charge is 0.474 e. The second-order valence-corrected chi connectivity index (χ2v) is 8.08. The summed E-state index contributed by atoms with van der Waals surface area (Å²) < 4.78 is 11.8. The lowest BCUT2D eigenvalue weighted by molar-refractivity contribution is 0.0940. The van der Waals surface area contributed by atoms with E-state index in [9.17, 15) is 0 Å². The SMILES string of the molecule is CC1CCCN(Cc2nc(-c3cccnc3OC3CCCCC3)no2)C1C. The van der Waals surface area contributed by atoms with Crippen molar-refractivity contribution in [3.05, 3.63) is 24.2 Å². The number of hydrogen-bond acceptors (Lipinski definition) is 6. The van der Waals surface area contributed by atoms with Crippen molar-refractivity contribution in [1.29, 1.82) is 0 Å². The van der Waals surface area contributed by atoms with Crippen LogP contribution in [0.4, 0.5) is 0 Å². The molecule has 2 aromatic rings. The van der Waals surface area contributed by atoms with E-state index in [0.717, 1.165) is 24.9 Å². The minimum absolute atomic E-state index is 0.245. The number of rotatable bonds is 5. The van der Waals surface area contributed by atoms with Gasteiger partial charge in [0, 0.05) is 12.2 Å². The summed E-state index contributed by atoms with van der Waals surface area (Å²) in [5.41, 5.74) is 0.818. The number of nitrogens with zero attached hydrogens (tertiary/aromatic N) is 4. The number of aromatic nitrogens is 3. The van der Waals surface area contributed by atoms with Crippen molar-refractivity contribution in [2.45, 2.75) is 77.5 Å². The van der Waals surface area contributed by atoms with E-state index in [-0.39, 0.29) is 6.10 Å². The minimum atomic E-state index is 0.245. The highest BCUT2D eigenvalue weighted by Gasteiger charge is 2.26. The van der Waals surface area contributed by atoms with Crippen molar-refractivity contribution in [3.8, 4) is 17.3 Å². The molecule has 4 rings (SSSR count). The van der Waals surface area contributed by atoms with Crippen molar-refractivity contribution in [2.24, 2.45) is 5.92 Å². The van der Waals surface area contributed by atoms with Gasteiger partial charge in [-0.25, -0.2) is 4.98 Å². The van der Waals surface area contributed by atoms with Gasteiger partial charge in [0.2, 0.25) is 17.6 Å². The third-order valence-corrected chi connectivity index (χ3v) is 6.15. The Hall–Kier alpha value is -1.95. The molecule has 1 saturated carbocycles. The molecule has 3 heterocycles. The molecule has 6 heteroatoms. The average molecular weight is 370 g/mol. The van der Waals surface area contributed by atoms with Crippen LogP contribution in [0.2, 0.25) is 0 Å². The van der Waals surface area contributed by atoms with Crippen LogP contribution in [0.25, 0.3) is 11.4 Å². The summed E-state index contributed by atoms with van der Waals surface area (Å²) in [5, 5.41) is 4.22. The molecule has 0 bridgehead atoms. The molecule has 2 atom stereocenters. The highest BCUT2D eigenvalue weighted by Crippen LogP contribution is 2.30. The van der Waals surface area contributed by atoms with Crippen LogP contribution in [-0.4, -0.2) is 38.7 Å². The van der Waals surface area contributed by atoms with Crippen molar-refractivity contribution in [1.82, 2.24) is 20.0 Å². The predicted molar refractivity (Wildman–Crippen MR) is 103 cm³/mol. The number of likely N-dealkylation sites (tertiary alicyclic amines) is 1. The highest BCUT2D eigenvalue weighted by molar-refractivity contribution is 5.60. The van der Waals surface area contributed by atoms with Crippen LogP contribution in [-0.2, 0) is 6.54 Å². The quantitative estimate of drug-likeness (QED) is 0.774.